The van der Waals surface area contributed by atoms with E-state index in [9.17, 15) is 0 Å². The van der Waals surface area contributed by atoms with Gasteiger partial charge in [-0.25, -0.2) is 0 Å². The Balaban J connectivity index is 0. The van der Waals surface area contributed by atoms with E-state index in [1.54, 1.807) is 14.2 Å². The first-order valence-corrected chi connectivity index (χ1v) is 7.94. The molecule has 0 rings (SSSR count). The average molecular weight is 431 g/mol. The number of hydrogen-bond acceptors (Lipinski definition) is 4. The van der Waals surface area contributed by atoms with E-state index in [1.165, 1.54) is 6.42 Å². The Morgan fingerprint density at radius 3 is 1.91 bits per heavy atom. The number of nitrogens with one attached hydrogen (secondary N) is 2. The van der Waals surface area contributed by atoms with Gasteiger partial charge in [-0.2, -0.15) is 0 Å². The van der Waals surface area contributed by atoms with Crippen LogP contribution in [0.3, 0.4) is 0 Å². The van der Waals surface area contributed by atoms with Crippen molar-refractivity contribution in [1.82, 2.24) is 10.6 Å². The van der Waals surface area contributed by atoms with Gasteiger partial charge in [-0.1, -0.05) is 13.3 Å². The molecule has 0 amide bonds. The molecule has 0 aromatic rings. The molecule has 0 saturated heterocycles. The van der Waals surface area contributed by atoms with Gasteiger partial charge in [-0.05, 0) is 19.3 Å². The molecule has 2 N–H and O–H groups in total. The van der Waals surface area contributed by atoms with Gasteiger partial charge in [-0.15, -0.1) is 24.0 Å². The topological polar surface area (TPSA) is 64.1 Å². The first-order chi connectivity index (χ1) is 10.3. The van der Waals surface area contributed by atoms with Crippen LogP contribution in [-0.2, 0) is 14.2 Å². The van der Waals surface area contributed by atoms with Gasteiger partial charge in [0.05, 0.1) is 13.2 Å². The highest BCUT2D eigenvalue weighted by molar-refractivity contribution is 14.0. The van der Waals surface area contributed by atoms with E-state index in [1.807, 2.05) is 0 Å². The van der Waals surface area contributed by atoms with Crippen LogP contribution in [-0.4, -0.2) is 66.2 Å². The van der Waals surface area contributed by atoms with Crippen molar-refractivity contribution in [2.75, 3.05) is 60.3 Å². The zero-order valence-electron chi connectivity index (χ0n) is 14.4. The van der Waals surface area contributed by atoms with Gasteiger partial charge in [0.15, 0.2) is 5.96 Å². The zero-order chi connectivity index (χ0) is 15.6. The first-order valence-electron chi connectivity index (χ1n) is 7.94. The minimum absolute atomic E-state index is 0. The molecule has 0 saturated carbocycles. The van der Waals surface area contributed by atoms with E-state index in [0.29, 0.717) is 13.2 Å². The number of halogens is 1. The molecule has 0 bridgehead atoms. The van der Waals surface area contributed by atoms with Crippen molar-refractivity contribution in [3.8, 4) is 0 Å². The maximum atomic E-state index is 5.51. The number of unbranched alkanes of at least 4 members (excludes halogenated alkanes) is 1. The molecular formula is C15H34IN3O3. The summed E-state index contributed by atoms with van der Waals surface area (Å²) in [6, 6.07) is 0. The molecule has 0 aliphatic carbocycles. The fourth-order valence-corrected chi connectivity index (χ4v) is 1.58. The van der Waals surface area contributed by atoms with Crippen molar-refractivity contribution in [3.63, 3.8) is 0 Å². The van der Waals surface area contributed by atoms with Crippen molar-refractivity contribution in [2.45, 2.75) is 32.6 Å². The summed E-state index contributed by atoms with van der Waals surface area (Å²) in [4.78, 5) is 4.18. The van der Waals surface area contributed by atoms with E-state index in [4.69, 9.17) is 14.2 Å². The highest BCUT2D eigenvalue weighted by atomic mass is 127. The molecule has 0 radical (unpaired) electrons. The lowest BCUT2D eigenvalue weighted by Gasteiger charge is -2.12. The molecule has 0 heterocycles. The number of hydrogen-bond donors (Lipinski definition) is 2. The number of ether oxygens (including phenoxy) is 3. The van der Waals surface area contributed by atoms with Crippen LogP contribution < -0.4 is 10.6 Å². The molecule has 7 heteroatoms. The van der Waals surface area contributed by atoms with Crippen molar-refractivity contribution in [2.24, 2.45) is 4.99 Å². The summed E-state index contributed by atoms with van der Waals surface area (Å²) in [7, 11) is 3.46. The van der Waals surface area contributed by atoms with Crippen LogP contribution >= 0.6 is 24.0 Å². The number of nitrogens with zero attached hydrogens (tertiary/aromatic N) is 1. The minimum atomic E-state index is 0. The smallest absolute Gasteiger partial charge is 0.190 e. The Morgan fingerprint density at radius 2 is 1.41 bits per heavy atom. The largest absolute Gasteiger partial charge is 0.382 e. The molecule has 6 nitrogen and oxygen atoms in total. The summed E-state index contributed by atoms with van der Waals surface area (Å²) in [6.07, 6.45) is 4.27. The highest BCUT2D eigenvalue weighted by Crippen LogP contribution is 1.89. The maximum absolute atomic E-state index is 5.51. The van der Waals surface area contributed by atoms with E-state index in [2.05, 4.69) is 22.5 Å². The van der Waals surface area contributed by atoms with Crippen LogP contribution in [0, 0.1) is 0 Å². The first kappa shape index (κ1) is 24.1. The fourth-order valence-electron chi connectivity index (χ4n) is 1.58. The van der Waals surface area contributed by atoms with Gasteiger partial charge in [-0.3, -0.25) is 4.99 Å². The van der Waals surface area contributed by atoms with Crippen molar-refractivity contribution >= 4 is 29.9 Å². The van der Waals surface area contributed by atoms with E-state index in [-0.39, 0.29) is 24.0 Å². The SMILES string of the molecule is CCCCOCCCNC(=NC)NCCCOCCOC.I. The fraction of sp³-hybridized carbons (Fsp3) is 0.933. The molecule has 0 aliphatic heterocycles. The van der Waals surface area contributed by atoms with Crippen LogP contribution in [0.25, 0.3) is 0 Å². The molecule has 0 fully saturated rings. The van der Waals surface area contributed by atoms with Crippen molar-refractivity contribution in [1.29, 1.82) is 0 Å². The van der Waals surface area contributed by atoms with Crippen LogP contribution in [0.1, 0.15) is 32.6 Å². The second kappa shape index (κ2) is 20.9. The van der Waals surface area contributed by atoms with Gasteiger partial charge < -0.3 is 24.8 Å². The standard InChI is InChI=1S/C15H33N3O3.HI/c1-4-5-10-20-11-6-8-17-15(16-2)18-9-7-12-21-14-13-19-3;/h4-14H2,1-3H3,(H2,16,17,18);1H. The Bertz CT molecular complexity index is 224. The summed E-state index contributed by atoms with van der Waals surface area (Å²) in [5.41, 5.74) is 0. The average Bonchev–Trinajstić information content (AvgIpc) is 2.51. The summed E-state index contributed by atoms with van der Waals surface area (Å²) >= 11 is 0. The lowest BCUT2D eigenvalue weighted by molar-refractivity contribution is 0.0698. The van der Waals surface area contributed by atoms with Gasteiger partial charge in [0.2, 0.25) is 0 Å². The van der Waals surface area contributed by atoms with Crippen molar-refractivity contribution < 1.29 is 14.2 Å². The third-order valence-electron chi connectivity index (χ3n) is 2.81. The minimum Gasteiger partial charge on any atom is -0.382 e. The molecular weight excluding hydrogens is 397 g/mol. The number of aliphatic imine (C=N–C) groups is 1. The monoisotopic (exact) mass is 431 g/mol. The second-order valence-electron chi connectivity index (χ2n) is 4.70. The van der Waals surface area contributed by atoms with Crippen LogP contribution in [0.2, 0.25) is 0 Å². The molecule has 22 heavy (non-hydrogen) atoms. The molecule has 0 aliphatic rings. The molecule has 0 aromatic heterocycles. The highest BCUT2D eigenvalue weighted by Gasteiger charge is 1.97. The van der Waals surface area contributed by atoms with Crippen LogP contribution in [0.5, 0.6) is 0 Å². The van der Waals surface area contributed by atoms with E-state index < -0.39 is 0 Å². The number of methoxy groups -OCH3 is 1. The Hall–Kier alpha value is -0.120. The van der Waals surface area contributed by atoms with Gasteiger partial charge >= 0.3 is 0 Å². The lowest BCUT2D eigenvalue weighted by atomic mass is 10.4. The Labute approximate surface area is 152 Å². The van der Waals surface area contributed by atoms with Gasteiger partial charge in [0.25, 0.3) is 0 Å². The predicted octanol–water partition coefficient (Wildman–Crippen LogP) is 2.03. The quantitative estimate of drug-likeness (QED) is 0.191. The number of guanidine groups is 1. The summed E-state index contributed by atoms with van der Waals surface area (Å²) < 4.78 is 15.8. The van der Waals surface area contributed by atoms with Crippen molar-refractivity contribution in [3.05, 3.63) is 0 Å². The summed E-state index contributed by atoms with van der Waals surface area (Å²) in [6.45, 7) is 7.60. The van der Waals surface area contributed by atoms with Gasteiger partial charge in [0, 0.05) is 47.1 Å². The third kappa shape index (κ3) is 17.9. The maximum Gasteiger partial charge on any atom is 0.190 e. The number of rotatable bonds is 14. The molecule has 0 spiro atoms. The summed E-state index contributed by atoms with van der Waals surface area (Å²) in [5.74, 6) is 0.834. The van der Waals surface area contributed by atoms with Gasteiger partial charge in [0.1, 0.15) is 0 Å². The normalized spacial score (nSPS) is 11.1. The molecule has 0 aromatic carbocycles. The molecule has 0 unspecified atom stereocenters. The lowest BCUT2D eigenvalue weighted by Crippen LogP contribution is -2.38. The zero-order valence-corrected chi connectivity index (χ0v) is 16.7. The predicted molar refractivity (Wildman–Crippen MR) is 102 cm³/mol. The summed E-state index contributed by atoms with van der Waals surface area (Å²) in [5, 5.41) is 6.53. The second-order valence-corrected chi connectivity index (χ2v) is 4.70. The van der Waals surface area contributed by atoms with Crippen LogP contribution in [0.4, 0.5) is 0 Å². The molecule has 0 atom stereocenters. The Kier molecular flexibility index (Phi) is 22.9. The van der Waals surface area contributed by atoms with Crippen LogP contribution in [0.15, 0.2) is 4.99 Å². The van der Waals surface area contributed by atoms with E-state index in [0.717, 1.165) is 58.1 Å². The molecule has 134 valence electrons. The van der Waals surface area contributed by atoms with E-state index >= 15 is 0 Å². The Morgan fingerprint density at radius 1 is 0.864 bits per heavy atom. The third-order valence-corrected chi connectivity index (χ3v) is 2.81.